The highest BCUT2D eigenvalue weighted by Crippen LogP contribution is 2.32. The first kappa shape index (κ1) is 14.2. The number of thiocarbonyl (C=S) groups is 1. The molecule has 1 aliphatic heterocycles. The number of ether oxygens (including phenoxy) is 1. The van der Waals surface area contributed by atoms with Crippen LogP contribution in [-0.4, -0.2) is 35.1 Å². The van der Waals surface area contributed by atoms with Gasteiger partial charge in [-0.2, -0.15) is 0 Å². The number of hydrogen-bond donors (Lipinski definition) is 1. The Bertz CT molecular complexity index is 714. The van der Waals surface area contributed by atoms with Crippen LogP contribution in [0.5, 0.6) is 5.75 Å². The zero-order chi connectivity index (χ0) is 15.0. The number of likely N-dealkylation sites (N-methyl/N-ethyl adjacent to an activating group) is 1. The van der Waals surface area contributed by atoms with Crippen molar-refractivity contribution >= 4 is 28.1 Å². The SMILES string of the molecule is CCN1CCc2nc3c(OC)cccc3c(C(N)=S)c2C1. The van der Waals surface area contributed by atoms with Gasteiger partial charge in [-0.1, -0.05) is 31.3 Å². The molecule has 1 aliphatic rings. The van der Waals surface area contributed by atoms with E-state index in [2.05, 4.69) is 11.8 Å². The molecule has 21 heavy (non-hydrogen) atoms. The Morgan fingerprint density at radius 1 is 1.48 bits per heavy atom. The van der Waals surface area contributed by atoms with Gasteiger partial charge in [0.15, 0.2) is 0 Å². The van der Waals surface area contributed by atoms with Crippen LogP contribution in [0, 0.1) is 0 Å². The minimum Gasteiger partial charge on any atom is -0.494 e. The van der Waals surface area contributed by atoms with Gasteiger partial charge in [0, 0.05) is 36.2 Å². The van der Waals surface area contributed by atoms with Crippen molar-refractivity contribution in [3.63, 3.8) is 0 Å². The van der Waals surface area contributed by atoms with Crippen LogP contribution >= 0.6 is 12.2 Å². The molecule has 0 saturated carbocycles. The largest absolute Gasteiger partial charge is 0.494 e. The summed E-state index contributed by atoms with van der Waals surface area (Å²) < 4.78 is 5.44. The second kappa shape index (κ2) is 5.58. The van der Waals surface area contributed by atoms with Crippen molar-refractivity contribution in [2.24, 2.45) is 5.73 Å². The van der Waals surface area contributed by atoms with E-state index in [9.17, 15) is 0 Å². The van der Waals surface area contributed by atoms with Gasteiger partial charge >= 0.3 is 0 Å². The van der Waals surface area contributed by atoms with Crippen molar-refractivity contribution in [3.8, 4) is 5.75 Å². The average Bonchev–Trinajstić information content (AvgIpc) is 2.51. The van der Waals surface area contributed by atoms with Crippen molar-refractivity contribution in [2.75, 3.05) is 20.2 Å². The number of para-hydroxylation sites is 1. The maximum atomic E-state index is 6.03. The Balaban J connectivity index is 2.31. The zero-order valence-corrected chi connectivity index (χ0v) is 13.2. The number of methoxy groups -OCH3 is 1. The molecule has 1 aromatic heterocycles. The fourth-order valence-electron chi connectivity index (χ4n) is 3.01. The summed E-state index contributed by atoms with van der Waals surface area (Å²) in [6.45, 7) is 5.07. The van der Waals surface area contributed by atoms with E-state index in [1.165, 1.54) is 5.56 Å². The van der Waals surface area contributed by atoms with Gasteiger partial charge in [-0.25, -0.2) is 4.98 Å². The van der Waals surface area contributed by atoms with E-state index < -0.39 is 0 Å². The molecular formula is C16H19N3OS. The monoisotopic (exact) mass is 301 g/mol. The number of nitrogens with two attached hydrogens (primary N) is 1. The number of hydrogen-bond acceptors (Lipinski definition) is 4. The fourth-order valence-corrected chi connectivity index (χ4v) is 3.24. The summed E-state index contributed by atoms with van der Waals surface area (Å²) in [7, 11) is 1.66. The van der Waals surface area contributed by atoms with Gasteiger partial charge < -0.3 is 10.5 Å². The first-order valence-corrected chi connectivity index (χ1v) is 7.57. The molecule has 0 saturated heterocycles. The quantitative estimate of drug-likeness (QED) is 0.881. The van der Waals surface area contributed by atoms with Gasteiger partial charge in [0.25, 0.3) is 0 Å². The Morgan fingerprint density at radius 2 is 2.29 bits per heavy atom. The molecule has 2 N–H and O–H groups in total. The summed E-state index contributed by atoms with van der Waals surface area (Å²) in [5.41, 5.74) is 10.1. The molecule has 2 aromatic rings. The summed E-state index contributed by atoms with van der Waals surface area (Å²) in [6, 6.07) is 5.90. The molecule has 0 bridgehead atoms. The number of rotatable bonds is 3. The van der Waals surface area contributed by atoms with Crippen LogP contribution in [0.15, 0.2) is 18.2 Å². The number of fused-ring (bicyclic) bond motifs is 2. The van der Waals surface area contributed by atoms with Gasteiger partial charge in [-0.3, -0.25) is 4.90 Å². The summed E-state index contributed by atoms with van der Waals surface area (Å²) >= 11 is 5.32. The molecule has 0 radical (unpaired) electrons. The molecule has 0 amide bonds. The van der Waals surface area contributed by atoms with Crippen LogP contribution in [0.25, 0.3) is 10.9 Å². The third-order valence-corrected chi connectivity index (χ3v) is 4.33. The maximum Gasteiger partial charge on any atom is 0.145 e. The lowest BCUT2D eigenvalue weighted by atomic mass is 9.95. The Morgan fingerprint density at radius 3 is 2.95 bits per heavy atom. The van der Waals surface area contributed by atoms with E-state index in [4.69, 9.17) is 27.7 Å². The summed E-state index contributed by atoms with van der Waals surface area (Å²) in [6.07, 6.45) is 0.923. The zero-order valence-electron chi connectivity index (χ0n) is 12.3. The topological polar surface area (TPSA) is 51.4 Å². The third kappa shape index (κ3) is 2.36. The van der Waals surface area contributed by atoms with Gasteiger partial charge in [-0.05, 0) is 18.2 Å². The number of aromatic nitrogens is 1. The summed E-state index contributed by atoms with van der Waals surface area (Å²) in [5, 5.41) is 0.985. The Kier molecular flexibility index (Phi) is 3.78. The highest BCUT2D eigenvalue weighted by atomic mass is 32.1. The van der Waals surface area contributed by atoms with Crippen LogP contribution in [-0.2, 0) is 13.0 Å². The highest BCUT2D eigenvalue weighted by Gasteiger charge is 2.23. The highest BCUT2D eigenvalue weighted by molar-refractivity contribution is 7.80. The standard InChI is InChI=1S/C16H19N3OS/c1-3-19-8-7-12-11(9-19)14(16(17)21)10-5-4-6-13(20-2)15(10)18-12/h4-6H,3,7-9H2,1-2H3,(H2,17,21). The smallest absolute Gasteiger partial charge is 0.145 e. The van der Waals surface area contributed by atoms with Crippen LogP contribution in [0.4, 0.5) is 0 Å². The van der Waals surface area contributed by atoms with Crippen LogP contribution in [0.3, 0.4) is 0 Å². The molecule has 0 spiro atoms. The predicted molar refractivity (Wildman–Crippen MR) is 88.8 cm³/mol. The van der Waals surface area contributed by atoms with E-state index in [0.717, 1.165) is 54.0 Å². The van der Waals surface area contributed by atoms with Crippen molar-refractivity contribution in [3.05, 3.63) is 35.0 Å². The maximum absolute atomic E-state index is 6.03. The summed E-state index contributed by atoms with van der Waals surface area (Å²) in [4.78, 5) is 7.65. The van der Waals surface area contributed by atoms with E-state index in [0.29, 0.717) is 4.99 Å². The minimum atomic E-state index is 0.435. The van der Waals surface area contributed by atoms with E-state index in [1.807, 2.05) is 18.2 Å². The molecule has 3 rings (SSSR count). The molecule has 4 nitrogen and oxygen atoms in total. The molecule has 5 heteroatoms. The van der Waals surface area contributed by atoms with Crippen molar-refractivity contribution in [1.82, 2.24) is 9.88 Å². The Labute approximate surface area is 129 Å². The van der Waals surface area contributed by atoms with Gasteiger partial charge in [0.1, 0.15) is 16.3 Å². The van der Waals surface area contributed by atoms with Crippen LogP contribution < -0.4 is 10.5 Å². The molecule has 0 atom stereocenters. The first-order valence-electron chi connectivity index (χ1n) is 7.16. The molecular weight excluding hydrogens is 282 g/mol. The van der Waals surface area contributed by atoms with E-state index >= 15 is 0 Å². The average molecular weight is 301 g/mol. The predicted octanol–water partition coefficient (Wildman–Crippen LogP) is 2.26. The molecule has 1 aromatic carbocycles. The molecule has 110 valence electrons. The number of benzene rings is 1. The second-order valence-electron chi connectivity index (χ2n) is 5.25. The third-order valence-electron chi connectivity index (χ3n) is 4.13. The molecule has 0 aliphatic carbocycles. The van der Waals surface area contributed by atoms with Crippen molar-refractivity contribution in [2.45, 2.75) is 19.9 Å². The first-order chi connectivity index (χ1) is 10.2. The lowest BCUT2D eigenvalue weighted by Gasteiger charge is -2.29. The normalized spacial score (nSPS) is 15.0. The van der Waals surface area contributed by atoms with E-state index in [1.54, 1.807) is 7.11 Å². The van der Waals surface area contributed by atoms with Crippen molar-refractivity contribution < 1.29 is 4.74 Å². The van der Waals surface area contributed by atoms with Gasteiger partial charge in [0.05, 0.1) is 7.11 Å². The van der Waals surface area contributed by atoms with Gasteiger partial charge in [-0.15, -0.1) is 0 Å². The fraction of sp³-hybridized carbons (Fsp3) is 0.375. The van der Waals surface area contributed by atoms with Crippen LogP contribution in [0.1, 0.15) is 23.7 Å². The number of pyridine rings is 1. The number of nitrogens with zero attached hydrogens (tertiary/aromatic N) is 2. The molecule has 2 heterocycles. The lowest BCUT2D eigenvalue weighted by molar-refractivity contribution is 0.266. The van der Waals surface area contributed by atoms with Crippen molar-refractivity contribution in [1.29, 1.82) is 0 Å². The lowest BCUT2D eigenvalue weighted by Crippen LogP contribution is -2.33. The summed E-state index contributed by atoms with van der Waals surface area (Å²) in [5.74, 6) is 0.769. The molecule has 0 fully saturated rings. The van der Waals surface area contributed by atoms with E-state index in [-0.39, 0.29) is 0 Å². The molecule has 0 unspecified atom stereocenters. The van der Waals surface area contributed by atoms with Gasteiger partial charge in [0.2, 0.25) is 0 Å². The van der Waals surface area contributed by atoms with Crippen LogP contribution in [0.2, 0.25) is 0 Å². The minimum absolute atomic E-state index is 0.435. The second-order valence-corrected chi connectivity index (χ2v) is 5.69. The Hall–Kier alpha value is -1.72.